The molecule has 0 fully saturated rings. The fourth-order valence-corrected chi connectivity index (χ4v) is 1.58. The lowest BCUT2D eigenvalue weighted by molar-refractivity contribution is 0.177. The summed E-state index contributed by atoms with van der Waals surface area (Å²) in [5.41, 5.74) is 1.85. The van der Waals surface area contributed by atoms with E-state index in [1.807, 2.05) is 32.0 Å². The maximum absolute atomic E-state index is 9.77. The molecule has 1 aromatic carbocycles. The Morgan fingerprint density at radius 2 is 2.13 bits per heavy atom. The third kappa shape index (κ3) is 3.11. The first-order valence-electron chi connectivity index (χ1n) is 5.11. The summed E-state index contributed by atoms with van der Waals surface area (Å²) < 4.78 is 5.42. The van der Waals surface area contributed by atoms with Gasteiger partial charge in [-0.25, -0.2) is 0 Å². The van der Waals surface area contributed by atoms with Gasteiger partial charge in [-0.05, 0) is 44.0 Å². The van der Waals surface area contributed by atoms with Crippen LogP contribution in [0.1, 0.15) is 31.1 Å². The highest BCUT2D eigenvalue weighted by Gasteiger charge is 2.14. The van der Waals surface area contributed by atoms with Crippen LogP contribution in [0.3, 0.4) is 0 Å². The highest BCUT2D eigenvalue weighted by Crippen LogP contribution is 2.26. The molecule has 3 heteroatoms. The van der Waals surface area contributed by atoms with Crippen molar-refractivity contribution in [3.63, 3.8) is 0 Å². The Bertz CT molecular complexity index is 323. The SMILES string of the molecule is CCOc1ccc(C(O)C(C)Cl)cc1C. The minimum absolute atomic E-state index is 0.289. The number of hydrogen-bond donors (Lipinski definition) is 1. The summed E-state index contributed by atoms with van der Waals surface area (Å²) in [5.74, 6) is 0.857. The smallest absolute Gasteiger partial charge is 0.122 e. The van der Waals surface area contributed by atoms with Gasteiger partial charge in [-0.1, -0.05) is 6.07 Å². The van der Waals surface area contributed by atoms with Crippen LogP contribution in [0.5, 0.6) is 5.75 Å². The van der Waals surface area contributed by atoms with Crippen LogP contribution in [0, 0.1) is 6.92 Å². The zero-order valence-corrected chi connectivity index (χ0v) is 10.1. The summed E-state index contributed by atoms with van der Waals surface area (Å²) in [7, 11) is 0. The van der Waals surface area contributed by atoms with Crippen molar-refractivity contribution in [3.8, 4) is 5.75 Å². The first-order valence-corrected chi connectivity index (χ1v) is 5.55. The summed E-state index contributed by atoms with van der Waals surface area (Å²) in [6, 6.07) is 5.63. The van der Waals surface area contributed by atoms with Crippen molar-refractivity contribution in [1.29, 1.82) is 0 Å². The second kappa shape index (κ2) is 5.38. The number of rotatable bonds is 4. The minimum atomic E-state index is -0.624. The van der Waals surface area contributed by atoms with Gasteiger partial charge in [0.2, 0.25) is 0 Å². The average Bonchev–Trinajstić information content (AvgIpc) is 2.20. The molecular formula is C12H17ClO2. The number of aliphatic hydroxyl groups excluding tert-OH is 1. The lowest BCUT2D eigenvalue weighted by Gasteiger charge is -2.15. The van der Waals surface area contributed by atoms with Crippen molar-refractivity contribution in [2.75, 3.05) is 6.61 Å². The molecule has 0 heterocycles. The normalized spacial score (nSPS) is 14.7. The summed E-state index contributed by atoms with van der Waals surface area (Å²) in [6.45, 7) is 6.33. The van der Waals surface area contributed by atoms with Gasteiger partial charge in [0.25, 0.3) is 0 Å². The van der Waals surface area contributed by atoms with Crippen molar-refractivity contribution in [2.45, 2.75) is 32.3 Å². The van der Waals surface area contributed by atoms with Gasteiger partial charge in [-0.15, -0.1) is 11.6 Å². The maximum Gasteiger partial charge on any atom is 0.122 e. The molecule has 0 bridgehead atoms. The first-order chi connectivity index (χ1) is 7.06. The van der Waals surface area contributed by atoms with E-state index in [0.717, 1.165) is 16.9 Å². The van der Waals surface area contributed by atoms with Gasteiger partial charge in [-0.3, -0.25) is 0 Å². The van der Waals surface area contributed by atoms with E-state index in [4.69, 9.17) is 16.3 Å². The molecule has 2 nitrogen and oxygen atoms in total. The van der Waals surface area contributed by atoms with Crippen molar-refractivity contribution >= 4 is 11.6 Å². The Balaban J connectivity index is 2.90. The number of hydrogen-bond acceptors (Lipinski definition) is 2. The third-order valence-electron chi connectivity index (χ3n) is 2.28. The van der Waals surface area contributed by atoms with Gasteiger partial charge in [-0.2, -0.15) is 0 Å². The van der Waals surface area contributed by atoms with E-state index >= 15 is 0 Å². The van der Waals surface area contributed by atoms with Crippen molar-refractivity contribution in [2.24, 2.45) is 0 Å². The van der Waals surface area contributed by atoms with E-state index < -0.39 is 6.10 Å². The lowest BCUT2D eigenvalue weighted by atomic mass is 10.0. The van der Waals surface area contributed by atoms with Gasteiger partial charge >= 0.3 is 0 Å². The quantitative estimate of drug-likeness (QED) is 0.803. The van der Waals surface area contributed by atoms with Gasteiger partial charge in [0.05, 0.1) is 18.1 Å². The average molecular weight is 229 g/mol. The molecule has 0 saturated heterocycles. The largest absolute Gasteiger partial charge is 0.494 e. The molecule has 0 aromatic heterocycles. The molecule has 0 aliphatic heterocycles. The first kappa shape index (κ1) is 12.3. The molecule has 1 N–H and O–H groups in total. The molecule has 1 aromatic rings. The fraction of sp³-hybridized carbons (Fsp3) is 0.500. The molecule has 0 saturated carbocycles. The number of aryl methyl sites for hydroxylation is 1. The molecule has 84 valence electrons. The monoisotopic (exact) mass is 228 g/mol. The topological polar surface area (TPSA) is 29.5 Å². The summed E-state index contributed by atoms with van der Waals surface area (Å²) in [6.07, 6.45) is -0.624. The van der Waals surface area contributed by atoms with Gasteiger partial charge in [0.1, 0.15) is 5.75 Å². The molecule has 2 unspecified atom stereocenters. The van der Waals surface area contributed by atoms with E-state index in [-0.39, 0.29) is 5.38 Å². The van der Waals surface area contributed by atoms with Crippen LogP contribution in [0.25, 0.3) is 0 Å². The Hall–Kier alpha value is -0.730. The second-order valence-corrected chi connectivity index (χ2v) is 4.27. The zero-order valence-electron chi connectivity index (χ0n) is 9.33. The predicted molar refractivity (Wildman–Crippen MR) is 62.6 cm³/mol. The van der Waals surface area contributed by atoms with Crippen molar-refractivity contribution in [3.05, 3.63) is 29.3 Å². The van der Waals surface area contributed by atoms with E-state index in [9.17, 15) is 5.11 Å². The van der Waals surface area contributed by atoms with Gasteiger partial charge in [0, 0.05) is 0 Å². The number of alkyl halides is 1. The molecule has 2 atom stereocenters. The van der Waals surface area contributed by atoms with Crippen LogP contribution in [0.2, 0.25) is 0 Å². The van der Waals surface area contributed by atoms with Gasteiger partial charge < -0.3 is 9.84 Å². The van der Waals surface area contributed by atoms with Crippen LogP contribution in [-0.2, 0) is 0 Å². The zero-order chi connectivity index (χ0) is 11.4. The molecule has 0 radical (unpaired) electrons. The van der Waals surface area contributed by atoms with Crippen LogP contribution in [0.4, 0.5) is 0 Å². The Kier molecular flexibility index (Phi) is 4.43. The molecular weight excluding hydrogens is 212 g/mol. The molecule has 1 rings (SSSR count). The molecule has 0 aliphatic rings. The van der Waals surface area contributed by atoms with Crippen molar-refractivity contribution in [1.82, 2.24) is 0 Å². The Labute approximate surface area is 95.8 Å². The third-order valence-corrected chi connectivity index (χ3v) is 2.51. The van der Waals surface area contributed by atoms with E-state index in [2.05, 4.69) is 0 Å². The molecule has 15 heavy (non-hydrogen) atoms. The number of ether oxygens (including phenoxy) is 1. The van der Waals surface area contributed by atoms with Crippen LogP contribution >= 0.6 is 11.6 Å². The number of benzene rings is 1. The Morgan fingerprint density at radius 3 is 2.60 bits per heavy atom. The van der Waals surface area contributed by atoms with Crippen LogP contribution < -0.4 is 4.74 Å². The summed E-state index contributed by atoms with van der Waals surface area (Å²) in [5, 5.41) is 9.48. The minimum Gasteiger partial charge on any atom is -0.494 e. The highest BCUT2D eigenvalue weighted by atomic mass is 35.5. The number of aliphatic hydroxyl groups is 1. The van der Waals surface area contributed by atoms with E-state index in [1.54, 1.807) is 6.92 Å². The van der Waals surface area contributed by atoms with E-state index in [1.165, 1.54) is 0 Å². The van der Waals surface area contributed by atoms with Gasteiger partial charge in [0.15, 0.2) is 0 Å². The molecule has 0 amide bonds. The maximum atomic E-state index is 9.77. The lowest BCUT2D eigenvalue weighted by Crippen LogP contribution is -2.08. The van der Waals surface area contributed by atoms with E-state index in [0.29, 0.717) is 6.61 Å². The van der Waals surface area contributed by atoms with Crippen LogP contribution in [-0.4, -0.2) is 17.1 Å². The predicted octanol–water partition coefficient (Wildman–Crippen LogP) is 3.05. The Morgan fingerprint density at radius 1 is 1.47 bits per heavy atom. The molecule has 0 spiro atoms. The summed E-state index contributed by atoms with van der Waals surface area (Å²) >= 11 is 5.83. The standard InChI is InChI=1S/C12H17ClO2/c1-4-15-11-6-5-10(7-8(11)2)12(14)9(3)13/h5-7,9,12,14H,4H2,1-3H3. The fourth-order valence-electron chi connectivity index (χ4n) is 1.44. The molecule has 0 aliphatic carbocycles. The highest BCUT2D eigenvalue weighted by molar-refractivity contribution is 6.20. The van der Waals surface area contributed by atoms with Crippen LogP contribution in [0.15, 0.2) is 18.2 Å². The summed E-state index contributed by atoms with van der Waals surface area (Å²) in [4.78, 5) is 0. The number of halogens is 1. The second-order valence-electron chi connectivity index (χ2n) is 3.58. The van der Waals surface area contributed by atoms with Crippen molar-refractivity contribution < 1.29 is 9.84 Å².